The number of aromatic nitrogens is 2. The molecule has 4 aromatic carbocycles. The van der Waals surface area contributed by atoms with Gasteiger partial charge in [-0.3, -0.25) is 4.98 Å². The van der Waals surface area contributed by atoms with Crippen molar-refractivity contribution in [3.8, 4) is 33.8 Å². The van der Waals surface area contributed by atoms with Crippen LogP contribution < -0.4 is 0 Å². The summed E-state index contributed by atoms with van der Waals surface area (Å²) in [6.45, 7) is 4.49. The SMILES string of the molecule is CC1(C)c2cccnc2-c2nc(-c3ccc(-c4ccc5oc6cc7c(cc6c5c4)oc4ccccc47)cc3)ccc21. The second-order valence-corrected chi connectivity index (χ2v) is 11.5. The van der Waals surface area contributed by atoms with Crippen LogP contribution in [0.5, 0.6) is 0 Å². The zero-order valence-electron chi connectivity index (χ0n) is 22.6. The molecular weight excluding hydrogens is 504 g/mol. The summed E-state index contributed by atoms with van der Waals surface area (Å²) in [5.41, 5.74) is 12.2. The third kappa shape index (κ3) is 3.16. The summed E-state index contributed by atoms with van der Waals surface area (Å²) in [5, 5.41) is 4.32. The molecule has 0 saturated carbocycles. The number of rotatable bonds is 2. The minimum Gasteiger partial charge on any atom is -0.456 e. The highest BCUT2D eigenvalue weighted by Gasteiger charge is 2.37. The van der Waals surface area contributed by atoms with E-state index in [0.29, 0.717) is 0 Å². The molecule has 0 atom stereocenters. The van der Waals surface area contributed by atoms with Crippen LogP contribution in [0.2, 0.25) is 0 Å². The Morgan fingerprint density at radius 1 is 0.512 bits per heavy atom. The number of benzene rings is 4. The lowest BCUT2D eigenvalue weighted by molar-refractivity contribution is 0.658. The quantitative estimate of drug-likeness (QED) is 0.224. The maximum Gasteiger partial charge on any atom is 0.136 e. The van der Waals surface area contributed by atoms with E-state index in [1.54, 1.807) is 0 Å². The largest absolute Gasteiger partial charge is 0.456 e. The molecular formula is C37H24N2O2. The number of pyridine rings is 2. The van der Waals surface area contributed by atoms with Crippen LogP contribution in [0.25, 0.3) is 77.6 Å². The van der Waals surface area contributed by atoms with E-state index in [-0.39, 0.29) is 5.41 Å². The van der Waals surface area contributed by atoms with Crippen LogP contribution in [-0.4, -0.2) is 9.97 Å². The van der Waals surface area contributed by atoms with Crippen molar-refractivity contribution in [2.45, 2.75) is 19.3 Å². The first-order valence-electron chi connectivity index (χ1n) is 13.9. The third-order valence-corrected chi connectivity index (χ3v) is 8.76. The summed E-state index contributed by atoms with van der Waals surface area (Å²) in [7, 11) is 0. The molecule has 0 N–H and O–H groups in total. The van der Waals surface area contributed by atoms with Gasteiger partial charge in [-0.25, -0.2) is 4.98 Å². The van der Waals surface area contributed by atoms with E-state index >= 15 is 0 Å². The summed E-state index contributed by atoms with van der Waals surface area (Å²) in [5.74, 6) is 0. The Kier molecular flexibility index (Phi) is 4.36. The molecule has 41 heavy (non-hydrogen) atoms. The first-order valence-corrected chi connectivity index (χ1v) is 13.9. The highest BCUT2D eigenvalue weighted by atomic mass is 16.3. The van der Waals surface area contributed by atoms with Crippen LogP contribution in [0.15, 0.2) is 118 Å². The number of fused-ring (bicyclic) bond motifs is 9. The Hall–Kier alpha value is -5.22. The standard InChI is InChI=1S/C37H24N2O2/c1-37(2)28-7-5-17-38-35(28)36-29(37)14-15-30(39-36)22-11-9-21(10-12-22)23-13-16-32-25(18-23)27-20-33-26(19-34(27)41-32)24-6-3-4-8-31(24)40-33/h3-20H,1-2H3. The zero-order chi connectivity index (χ0) is 27.3. The van der Waals surface area contributed by atoms with E-state index in [2.05, 4.69) is 97.7 Å². The molecule has 194 valence electrons. The molecule has 9 rings (SSSR count). The van der Waals surface area contributed by atoms with Gasteiger partial charge in [0.15, 0.2) is 0 Å². The summed E-state index contributed by atoms with van der Waals surface area (Å²) in [6.07, 6.45) is 1.85. The van der Waals surface area contributed by atoms with Gasteiger partial charge in [-0.15, -0.1) is 0 Å². The normalized spacial score (nSPS) is 13.8. The van der Waals surface area contributed by atoms with Gasteiger partial charge in [0.25, 0.3) is 0 Å². The van der Waals surface area contributed by atoms with E-state index in [1.165, 1.54) is 11.1 Å². The minimum absolute atomic E-state index is 0.0968. The number of hydrogen-bond donors (Lipinski definition) is 0. The molecule has 0 bridgehead atoms. The Morgan fingerprint density at radius 2 is 1.17 bits per heavy atom. The summed E-state index contributed by atoms with van der Waals surface area (Å²) >= 11 is 0. The van der Waals surface area contributed by atoms with E-state index < -0.39 is 0 Å². The van der Waals surface area contributed by atoms with Crippen LogP contribution in [0.1, 0.15) is 25.0 Å². The second kappa shape index (κ2) is 7.92. The fourth-order valence-electron chi connectivity index (χ4n) is 6.56. The number of furan rings is 2. The lowest BCUT2D eigenvalue weighted by Gasteiger charge is -2.20. The Bertz CT molecular complexity index is 2340. The summed E-state index contributed by atoms with van der Waals surface area (Å²) in [4.78, 5) is 9.77. The molecule has 4 heterocycles. The fraction of sp³-hybridized carbons (Fsp3) is 0.0811. The van der Waals surface area contributed by atoms with Crippen LogP contribution in [-0.2, 0) is 5.41 Å². The van der Waals surface area contributed by atoms with Crippen molar-refractivity contribution in [1.82, 2.24) is 9.97 Å². The molecule has 0 aliphatic heterocycles. The monoisotopic (exact) mass is 528 g/mol. The lowest BCUT2D eigenvalue weighted by Crippen LogP contribution is -2.15. The van der Waals surface area contributed by atoms with Crippen molar-refractivity contribution in [2.75, 3.05) is 0 Å². The van der Waals surface area contributed by atoms with E-state index in [4.69, 9.17) is 13.8 Å². The van der Waals surface area contributed by atoms with Crippen LogP contribution in [0, 0.1) is 0 Å². The zero-order valence-corrected chi connectivity index (χ0v) is 22.6. The van der Waals surface area contributed by atoms with Crippen LogP contribution >= 0.6 is 0 Å². The van der Waals surface area contributed by atoms with Gasteiger partial charge in [0, 0.05) is 38.7 Å². The topological polar surface area (TPSA) is 52.1 Å². The van der Waals surface area contributed by atoms with Crippen molar-refractivity contribution in [3.05, 3.63) is 120 Å². The average Bonchev–Trinajstić information content (AvgIpc) is 3.63. The van der Waals surface area contributed by atoms with Gasteiger partial charge < -0.3 is 8.83 Å². The first kappa shape index (κ1) is 22.6. The number of para-hydroxylation sites is 1. The maximum atomic E-state index is 6.27. The van der Waals surface area contributed by atoms with Crippen LogP contribution in [0.4, 0.5) is 0 Å². The highest BCUT2D eigenvalue weighted by Crippen LogP contribution is 2.47. The molecule has 1 aliphatic rings. The predicted molar refractivity (Wildman–Crippen MR) is 165 cm³/mol. The van der Waals surface area contributed by atoms with Gasteiger partial charge in [0.1, 0.15) is 22.3 Å². The molecule has 0 radical (unpaired) electrons. The van der Waals surface area contributed by atoms with E-state index in [1.807, 2.05) is 30.5 Å². The number of hydrogen-bond acceptors (Lipinski definition) is 4. The van der Waals surface area contributed by atoms with Crippen LogP contribution in [0.3, 0.4) is 0 Å². The molecule has 4 nitrogen and oxygen atoms in total. The van der Waals surface area contributed by atoms with E-state index in [0.717, 1.165) is 77.6 Å². The smallest absolute Gasteiger partial charge is 0.136 e. The van der Waals surface area contributed by atoms with Crippen molar-refractivity contribution in [2.24, 2.45) is 0 Å². The Labute approximate surface area is 235 Å². The van der Waals surface area contributed by atoms with Crippen molar-refractivity contribution in [1.29, 1.82) is 0 Å². The van der Waals surface area contributed by atoms with Gasteiger partial charge in [-0.05, 0) is 64.7 Å². The number of nitrogens with zero attached hydrogens (tertiary/aromatic N) is 2. The fourth-order valence-corrected chi connectivity index (χ4v) is 6.56. The predicted octanol–water partition coefficient (Wildman–Crippen LogP) is 9.92. The summed E-state index contributed by atoms with van der Waals surface area (Å²) in [6, 6.07) is 35.9. The molecule has 4 aromatic heterocycles. The minimum atomic E-state index is -0.0968. The molecule has 0 fully saturated rings. The van der Waals surface area contributed by atoms with Crippen molar-refractivity contribution in [3.63, 3.8) is 0 Å². The average molecular weight is 529 g/mol. The van der Waals surface area contributed by atoms with Crippen molar-refractivity contribution < 1.29 is 8.83 Å². The molecule has 0 amide bonds. The van der Waals surface area contributed by atoms with Gasteiger partial charge in [-0.2, -0.15) is 0 Å². The highest BCUT2D eigenvalue weighted by molar-refractivity contribution is 6.15. The first-order chi connectivity index (χ1) is 20.0. The summed E-state index contributed by atoms with van der Waals surface area (Å²) < 4.78 is 12.4. The molecule has 1 aliphatic carbocycles. The van der Waals surface area contributed by atoms with E-state index in [9.17, 15) is 0 Å². The van der Waals surface area contributed by atoms with Gasteiger partial charge in [-0.1, -0.05) is 74.5 Å². The van der Waals surface area contributed by atoms with Crippen molar-refractivity contribution >= 4 is 43.9 Å². The Balaban J connectivity index is 1.11. The molecule has 8 aromatic rings. The van der Waals surface area contributed by atoms with Gasteiger partial charge >= 0.3 is 0 Å². The molecule has 0 saturated heterocycles. The Morgan fingerprint density at radius 3 is 2.00 bits per heavy atom. The van der Waals surface area contributed by atoms with Gasteiger partial charge in [0.05, 0.1) is 17.1 Å². The molecule has 4 heteroatoms. The molecule has 0 unspecified atom stereocenters. The third-order valence-electron chi connectivity index (χ3n) is 8.76. The molecule has 0 spiro atoms. The van der Waals surface area contributed by atoms with Gasteiger partial charge in [0.2, 0.25) is 0 Å². The maximum absolute atomic E-state index is 6.27. The lowest BCUT2D eigenvalue weighted by atomic mass is 9.83. The second-order valence-electron chi connectivity index (χ2n) is 11.5.